The van der Waals surface area contributed by atoms with E-state index >= 15 is 0 Å². The lowest BCUT2D eigenvalue weighted by atomic mass is 10.1. The first-order chi connectivity index (χ1) is 9.86. The summed E-state index contributed by atoms with van der Waals surface area (Å²) in [5.74, 6) is 0. The van der Waals surface area contributed by atoms with Crippen molar-refractivity contribution in [2.45, 2.75) is 23.8 Å². The molecule has 0 atom stereocenters. The van der Waals surface area contributed by atoms with Crippen molar-refractivity contribution in [3.05, 3.63) is 28.8 Å². The van der Waals surface area contributed by atoms with Crippen LogP contribution in [-0.2, 0) is 10.0 Å². The predicted octanol–water partition coefficient (Wildman–Crippen LogP) is 1.93. The first kappa shape index (κ1) is 16.2. The topological polar surface area (TPSA) is 64.4 Å². The summed E-state index contributed by atoms with van der Waals surface area (Å²) < 4.78 is 26.8. The van der Waals surface area contributed by atoms with Crippen LogP contribution in [0.1, 0.15) is 18.4 Å². The molecule has 0 unspecified atom stereocenters. The van der Waals surface area contributed by atoms with E-state index in [2.05, 4.69) is 4.90 Å². The molecule has 0 aliphatic carbocycles. The molecule has 1 saturated heterocycles. The second kappa shape index (κ2) is 6.32. The van der Waals surface area contributed by atoms with Crippen molar-refractivity contribution in [3.8, 4) is 6.07 Å². The molecular weight excluding hydrogens is 310 g/mol. The fourth-order valence-corrected chi connectivity index (χ4v) is 4.42. The highest BCUT2D eigenvalue weighted by atomic mass is 35.5. The van der Waals surface area contributed by atoms with E-state index in [1.807, 2.05) is 13.1 Å². The van der Waals surface area contributed by atoms with Crippen LogP contribution in [0.15, 0.2) is 23.1 Å². The normalized spacial score (nSPS) is 17.9. The fraction of sp³-hybridized carbons (Fsp3) is 0.500. The van der Waals surface area contributed by atoms with E-state index < -0.39 is 10.0 Å². The molecule has 2 rings (SSSR count). The van der Waals surface area contributed by atoms with Gasteiger partial charge in [0.1, 0.15) is 4.90 Å². The number of likely N-dealkylation sites (tertiary alicyclic amines) is 1. The largest absolute Gasteiger partial charge is 0.306 e. The van der Waals surface area contributed by atoms with Crippen molar-refractivity contribution < 1.29 is 8.42 Å². The molecule has 21 heavy (non-hydrogen) atoms. The second-order valence-electron chi connectivity index (χ2n) is 5.31. The molecule has 114 valence electrons. The van der Waals surface area contributed by atoms with Crippen LogP contribution in [0.5, 0.6) is 0 Å². The summed E-state index contributed by atoms with van der Waals surface area (Å²) in [5, 5.41) is 8.91. The number of nitriles is 1. The maximum atomic E-state index is 12.7. The van der Waals surface area contributed by atoms with Gasteiger partial charge in [0.25, 0.3) is 0 Å². The minimum absolute atomic E-state index is 0.0158. The summed E-state index contributed by atoms with van der Waals surface area (Å²) >= 11 is 6.03. The van der Waals surface area contributed by atoms with Crippen LogP contribution in [0.3, 0.4) is 0 Å². The monoisotopic (exact) mass is 327 g/mol. The zero-order chi connectivity index (χ0) is 15.6. The number of hydrogen-bond acceptors (Lipinski definition) is 4. The van der Waals surface area contributed by atoms with Gasteiger partial charge in [-0.2, -0.15) is 9.57 Å². The van der Waals surface area contributed by atoms with Crippen LogP contribution in [0.4, 0.5) is 0 Å². The summed E-state index contributed by atoms with van der Waals surface area (Å²) in [7, 11) is -0.0112. The Bertz CT molecular complexity index is 661. The van der Waals surface area contributed by atoms with Gasteiger partial charge in [-0.25, -0.2) is 8.42 Å². The number of piperidine rings is 1. The highest BCUT2D eigenvalue weighted by Gasteiger charge is 2.31. The molecule has 1 aromatic carbocycles. The maximum Gasteiger partial charge on any atom is 0.244 e. The van der Waals surface area contributed by atoms with Crippen LogP contribution in [0.2, 0.25) is 5.02 Å². The van der Waals surface area contributed by atoms with E-state index in [-0.39, 0.29) is 16.0 Å². The molecule has 0 spiro atoms. The minimum Gasteiger partial charge on any atom is -0.306 e. The molecule has 5 nitrogen and oxygen atoms in total. The van der Waals surface area contributed by atoms with Crippen molar-refractivity contribution in [1.82, 2.24) is 9.21 Å². The molecule has 0 amide bonds. The van der Waals surface area contributed by atoms with Crippen molar-refractivity contribution in [3.63, 3.8) is 0 Å². The van der Waals surface area contributed by atoms with Crippen LogP contribution < -0.4 is 0 Å². The number of nitrogens with zero attached hydrogens (tertiary/aromatic N) is 3. The molecule has 1 fully saturated rings. The number of halogens is 1. The zero-order valence-corrected chi connectivity index (χ0v) is 13.7. The molecule has 1 heterocycles. The Morgan fingerprint density at radius 2 is 2.00 bits per heavy atom. The molecular formula is C14H18ClN3O2S. The van der Waals surface area contributed by atoms with Crippen LogP contribution in [0, 0.1) is 11.3 Å². The van der Waals surface area contributed by atoms with E-state index in [0.717, 1.165) is 25.9 Å². The Hall–Kier alpha value is -1.13. The van der Waals surface area contributed by atoms with Crippen molar-refractivity contribution in [1.29, 1.82) is 5.26 Å². The summed E-state index contributed by atoms with van der Waals surface area (Å²) in [6, 6.07) is 6.19. The SMILES string of the molecule is CN1CCC(N(C)S(=O)(=O)c2ccc(C#N)cc2Cl)CC1. The Morgan fingerprint density at radius 3 is 2.52 bits per heavy atom. The molecule has 1 aliphatic heterocycles. The van der Waals surface area contributed by atoms with Gasteiger partial charge in [0.05, 0.1) is 16.7 Å². The van der Waals surface area contributed by atoms with Gasteiger partial charge in [-0.15, -0.1) is 0 Å². The van der Waals surface area contributed by atoms with Crippen LogP contribution in [0.25, 0.3) is 0 Å². The highest BCUT2D eigenvalue weighted by Crippen LogP contribution is 2.28. The minimum atomic E-state index is -3.64. The quantitative estimate of drug-likeness (QED) is 0.851. The average Bonchev–Trinajstić information content (AvgIpc) is 2.46. The first-order valence-corrected chi connectivity index (χ1v) is 8.54. The van der Waals surface area contributed by atoms with Gasteiger partial charge in [0.2, 0.25) is 10.0 Å². The van der Waals surface area contributed by atoms with Crippen LogP contribution >= 0.6 is 11.6 Å². The molecule has 1 aliphatic rings. The highest BCUT2D eigenvalue weighted by molar-refractivity contribution is 7.89. The zero-order valence-electron chi connectivity index (χ0n) is 12.1. The van der Waals surface area contributed by atoms with Crippen molar-refractivity contribution >= 4 is 21.6 Å². The number of hydrogen-bond donors (Lipinski definition) is 0. The molecule has 1 aromatic rings. The number of benzene rings is 1. The maximum absolute atomic E-state index is 12.7. The summed E-state index contributed by atoms with van der Waals surface area (Å²) in [4.78, 5) is 2.25. The third-order valence-corrected chi connectivity index (χ3v) is 6.31. The fourth-order valence-electron chi connectivity index (χ4n) is 2.49. The van der Waals surface area contributed by atoms with Crippen molar-refractivity contribution in [2.24, 2.45) is 0 Å². The van der Waals surface area contributed by atoms with E-state index in [1.54, 1.807) is 7.05 Å². The lowest BCUT2D eigenvalue weighted by Crippen LogP contribution is -2.44. The van der Waals surface area contributed by atoms with Crippen LogP contribution in [-0.4, -0.2) is 50.8 Å². The van der Waals surface area contributed by atoms with Gasteiger partial charge in [-0.3, -0.25) is 0 Å². The van der Waals surface area contributed by atoms with Gasteiger partial charge in [-0.1, -0.05) is 11.6 Å². The van der Waals surface area contributed by atoms with Gasteiger partial charge in [0.15, 0.2) is 0 Å². The molecule has 0 N–H and O–H groups in total. The Kier molecular flexibility index (Phi) is 4.89. The standard InChI is InChI=1S/C14H18ClN3O2S/c1-17-7-5-12(6-8-17)18(2)21(19,20)14-4-3-11(10-16)9-13(14)15/h3-4,9,12H,5-8H2,1-2H3. The van der Waals surface area contributed by atoms with Gasteiger partial charge < -0.3 is 4.90 Å². The van der Waals surface area contributed by atoms with Gasteiger partial charge in [0, 0.05) is 13.1 Å². The van der Waals surface area contributed by atoms with E-state index in [9.17, 15) is 8.42 Å². The predicted molar refractivity (Wildman–Crippen MR) is 81.6 cm³/mol. The lowest BCUT2D eigenvalue weighted by molar-refractivity contribution is 0.197. The summed E-state index contributed by atoms with van der Waals surface area (Å²) in [6.07, 6.45) is 1.61. The van der Waals surface area contributed by atoms with E-state index in [4.69, 9.17) is 16.9 Å². The number of rotatable bonds is 3. The van der Waals surface area contributed by atoms with E-state index in [1.165, 1.54) is 22.5 Å². The van der Waals surface area contributed by atoms with E-state index in [0.29, 0.717) is 5.56 Å². The smallest absolute Gasteiger partial charge is 0.244 e. The summed E-state index contributed by atoms with van der Waals surface area (Å²) in [6.45, 7) is 1.76. The van der Waals surface area contributed by atoms with Gasteiger partial charge >= 0.3 is 0 Å². The van der Waals surface area contributed by atoms with Gasteiger partial charge in [-0.05, 0) is 51.2 Å². The second-order valence-corrected chi connectivity index (χ2v) is 7.69. The average molecular weight is 328 g/mol. The lowest BCUT2D eigenvalue weighted by Gasteiger charge is -2.34. The first-order valence-electron chi connectivity index (χ1n) is 6.72. The Balaban J connectivity index is 2.27. The Labute approximate surface area is 130 Å². The molecule has 0 radical (unpaired) electrons. The molecule has 7 heteroatoms. The molecule has 0 aromatic heterocycles. The number of sulfonamides is 1. The third kappa shape index (κ3) is 3.38. The van der Waals surface area contributed by atoms with Crippen molar-refractivity contribution in [2.75, 3.05) is 27.2 Å². The summed E-state index contributed by atoms with van der Waals surface area (Å²) in [5.41, 5.74) is 0.348. The Morgan fingerprint density at radius 1 is 1.38 bits per heavy atom. The molecule has 0 bridgehead atoms. The third-order valence-electron chi connectivity index (χ3n) is 3.92. The molecule has 0 saturated carbocycles.